The van der Waals surface area contributed by atoms with E-state index >= 15 is 0 Å². The molecular weight excluding hydrogens is 412 g/mol. The van der Waals surface area contributed by atoms with E-state index in [4.69, 9.17) is 4.74 Å². The van der Waals surface area contributed by atoms with Gasteiger partial charge in [-0.15, -0.1) is 10.2 Å². The first kappa shape index (κ1) is 20.7. The van der Waals surface area contributed by atoms with Crippen molar-refractivity contribution in [3.63, 3.8) is 0 Å². The van der Waals surface area contributed by atoms with Crippen LogP contribution >= 0.6 is 11.3 Å². The SMILES string of the molecule is COc1ccc(-c2nnc(NC(=O)[C@@H](C)N(c3ccccc3)S(C)(=O)=O)s2)cc1. The summed E-state index contributed by atoms with van der Waals surface area (Å²) in [7, 11) is -2.08. The molecule has 1 amide bonds. The second-order valence-electron chi connectivity index (χ2n) is 6.20. The largest absolute Gasteiger partial charge is 0.497 e. The Balaban J connectivity index is 1.77. The number of para-hydroxylation sites is 1. The summed E-state index contributed by atoms with van der Waals surface area (Å²) in [6.07, 6.45) is 1.07. The number of sulfonamides is 1. The van der Waals surface area contributed by atoms with E-state index < -0.39 is 22.0 Å². The molecule has 0 saturated heterocycles. The molecule has 1 atom stereocenters. The van der Waals surface area contributed by atoms with Crippen LogP contribution in [0, 0.1) is 0 Å². The molecule has 1 N–H and O–H groups in total. The third-order valence-corrected chi connectivity index (χ3v) is 6.22. The average molecular weight is 433 g/mol. The molecule has 152 valence electrons. The molecule has 1 heterocycles. The number of carbonyl (C=O) groups is 1. The van der Waals surface area contributed by atoms with Gasteiger partial charge in [-0.05, 0) is 43.3 Å². The monoisotopic (exact) mass is 432 g/mol. The van der Waals surface area contributed by atoms with Crippen LogP contribution in [0.5, 0.6) is 5.75 Å². The number of hydrogen-bond acceptors (Lipinski definition) is 7. The normalized spacial score (nSPS) is 12.2. The van der Waals surface area contributed by atoms with E-state index in [-0.39, 0.29) is 5.13 Å². The number of rotatable bonds is 7. The van der Waals surface area contributed by atoms with E-state index in [1.165, 1.54) is 18.3 Å². The van der Waals surface area contributed by atoms with Crippen LogP contribution in [0.4, 0.5) is 10.8 Å². The van der Waals surface area contributed by atoms with Gasteiger partial charge in [0.1, 0.15) is 16.8 Å². The maximum Gasteiger partial charge on any atom is 0.249 e. The van der Waals surface area contributed by atoms with Crippen molar-refractivity contribution in [2.75, 3.05) is 23.0 Å². The summed E-state index contributed by atoms with van der Waals surface area (Å²) in [4.78, 5) is 12.7. The number of aromatic nitrogens is 2. The summed E-state index contributed by atoms with van der Waals surface area (Å²) >= 11 is 1.20. The highest BCUT2D eigenvalue weighted by Crippen LogP contribution is 2.28. The molecule has 2 aromatic carbocycles. The van der Waals surface area contributed by atoms with Crippen LogP contribution < -0.4 is 14.4 Å². The van der Waals surface area contributed by atoms with Crippen molar-refractivity contribution in [2.45, 2.75) is 13.0 Å². The number of amides is 1. The summed E-state index contributed by atoms with van der Waals surface area (Å²) in [6.45, 7) is 1.52. The molecule has 10 heteroatoms. The summed E-state index contributed by atoms with van der Waals surface area (Å²) < 4.78 is 30.8. The summed E-state index contributed by atoms with van der Waals surface area (Å²) in [5.74, 6) is 0.221. The van der Waals surface area contributed by atoms with Crippen molar-refractivity contribution >= 4 is 38.1 Å². The number of benzene rings is 2. The van der Waals surface area contributed by atoms with Crippen LogP contribution in [-0.4, -0.2) is 43.9 Å². The molecule has 0 aliphatic carbocycles. The van der Waals surface area contributed by atoms with Crippen LogP contribution in [0.1, 0.15) is 6.92 Å². The van der Waals surface area contributed by atoms with E-state index in [1.54, 1.807) is 49.6 Å². The zero-order chi connectivity index (χ0) is 21.0. The van der Waals surface area contributed by atoms with E-state index in [0.717, 1.165) is 21.9 Å². The molecule has 8 nitrogen and oxygen atoms in total. The van der Waals surface area contributed by atoms with Gasteiger partial charge in [-0.2, -0.15) is 0 Å². The maximum absolute atomic E-state index is 12.7. The van der Waals surface area contributed by atoms with E-state index in [1.807, 2.05) is 12.1 Å². The Morgan fingerprint density at radius 1 is 1.10 bits per heavy atom. The molecule has 0 spiro atoms. The fourth-order valence-electron chi connectivity index (χ4n) is 2.72. The van der Waals surface area contributed by atoms with Gasteiger partial charge >= 0.3 is 0 Å². The number of anilines is 2. The summed E-state index contributed by atoms with van der Waals surface area (Å²) in [5.41, 5.74) is 1.24. The molecule has 29 heavy (non-hydrogen) atoms. The van der Waals surface area contributed by atoms with Gasteiger partial charge in [0.15, 0.2) is 0 Å². The van der Waals surface area contributed by atoms with Crippen molar-refractivity contribution in [3.8, 4) is 16.3 Å². The number of ether oxygens (including phenoxy) is 1. The van der Waals surface area contributed by atoms with Crippen LogP contribution in [-0.2, 0) is 14.8 Å². The van der Waals surface area contributed by atoms with Crippen molar-refractivity contribution in [2.24, 2.45) is 0 Å². The minimum Gasteiger partial charge on any atom is -0.497 e. The average Bonchev–Trinajstić information content (AvgIpc) is 3.16. The number of carbonyl (C=O) groups excluding carboxylic acids is 1. The van der Waals surface area contributed by atoms with Gasteiger partial charge in [0.2, 0.25) is 21.1 Å². The van der Waals surface area contributed by atoms with E-state index in [0.29, 0.717) is 10.7 Å². The van der Waals surface area contributed by atoms with Gasteiger partial charge in [-0.3, -0.25) is 14.4 Å². The number of hydrogen-bond donors (Lipinski definition) is 1. The van der Waals surface area contributed by atoms with Crippen LogP contribution in [0.25, 0.3) is 10.6 Å². The van der Waals surface area contributed by atoms with Crippen LogP contribution in [0.15, 0.2) is 54.6 Å². The topological polar surface area (TPSA) is 101 Å². The molecule has 3 rings (SSSR count). The summed E-state index contributed by atoms with van der Waals surface area (Å²) in [6, 6.07) is 14.8. The van der Waals surface area contributed by atoms with Crippen molar-refractivity contribution in [1.29, 1.82) is 0 Å². The predicted octanol–water partition coefficient (Wildman–Crippen LogP) is 3.01. The number of methoxy groups -OCH3 is 1. The predicted molar refractivity (Wildman–Crippen MR) is 114 cm³/mol. The van der Waals surface area contributed by atoms with E-state index in [9.17, 15) is 13.2 Å². The zero-order valence-corrected chi connectivity index (χ0v) is 17.7. The molecule has 0 radical (unpaired) electrons. The lowest BCUT2D eigenvalue weighted by Crippen LogP contribution is -2.45. The van der Waals surface area contributed by atoms with Gasteiger partial charge in [0, 0.05) is 5.56 Å². The molecule has 0 unspecified atom stereocenters. The number of nitrogens with one attached hydrogen (secondary N) is 1. The lowest BCUT2D eigenvalue weighted by atomic mass is 10.2. The Labute approximate surface area is 173 Å². The lowest BCUT2D eigenvalue weighted by Gasteiger charge is -2.27. The third-order valence-electron chi connectivity index (χ3n) is 4.09. The first-order valence-electron chi connectivity index (χ1n) is 8.63. The first-order chi connectivity index (χ1) is 13.8. The minimum absolute atomic E-state index is 0.286. The molecule has 0 aliphatic heterocycles. The Kier molecular flexibility index (Phi) is 6.14. The minimum atomic E-state index is -3.67. The summed E-state index contributed by atoms with van der Waals surface area (Å²) in [5, 5.41) is 11.6. The van der Waals surface area contributed by atoms with Gasteiger partial charge in [-0.25, -0.2) is 8.42 Å². The van der Waals surface area contributed by atoms with Crippen molar-refractivity contribution < 1.29 is 17.9 Å². The quantitative estimate of drug-likeness (QED) is 0.616. The molecule has 3 aromatic rings. The second kappa shape index (κ2) is 8.58. The fraction of sp³-hybridized carbons (Fsp3) is 0.211. The van der Waals surface area contributed by atoms with Gasteiger partial charge in [-0.1, -0.05) is 29.5 Å². The Bertz CT molecular complexity index is 1080. The van der Waals surface area contributed by atoms with Crippen LogP contribution in [0.3, 0.4) is 0 Å². The number of nitrogens with zero attached hydrogens (tertiary/aromatic N) is 3. The molecule has 0 bridgehead atoms. The molecule has 0 fully saturated rings. The molecule has 1 aromatic heterocycles. The highest BCUT2D eigenvalue weighted by molar-refractivity contribution is 7.92. The second-order valence-corrected chi connectivity index (χ2v) is 9.04. The van der Waals surface area contributed by atoms with Crippen LogP contribution in [0.2, 0.25) is 0 Å². The Morgan fingerprint density at radius 2 is 1.76 bits per heavy atom. The van der Waals surface area contributed by atoms with E-state index in [2.05, 4.69) is 15.5 Å². The molecule has 0 aliphatic rings. The smallest absolute Gasteiger partial charge is 0.249 e. The zero-order valence-electron chi connectivity index (χ0n) is 16.1. The fourth-order valence-corrected chi connectivity index (χ4v) is 4.64. The van der Waals surface area contributed by atoms with Gasteiger partial charge < -0.3 is 4.74 Å². The first-order valence-corrected chi connectivity index (χ1v) is 11.3. The van der Waals surface area contributed by atoms with Crippen molar-refractivity contribution in [3.05, 3.63) is 54.6 Å². The molecular formula is C19H20N4O4S2. The molecule has 0 saturated carbocycles. The maximum atomic E-state index is 12.7. The van der Waals surface area contributed by atoms with Gasteiger partial charge in [0.05, 0.1) is 19.1 Å². The highest BCUT2D eigenvalue weighted by Gasteiger charge is 2.29. The lowest BCUT2D eigenvalue weighted by molar-refractivity contribution is -0.116. The van der Waals surface area contributed by atoms with Crippen molar-refractivity contribution in [1.82, 2.24) is 10.2 Å². The standard InChI is InChI=1S/C19H20N4O4S2/c1-13(23(29(3,25)26)15-7-5-4-6-8-15)17(24)20-19-22-21-18(28-19)14-9-11-16(27-2)12-10-14/h4-13H,1-3H3,(H,20,22,24)/t13-/m1/s1. The Morgan fingerprint density at radius 3 is 2.34 bits per heavy atom. The van der Waals surface area contributed by atoms with Gasteiger partial charge in [0.25, 0.3) is 0 Å². The Hall–Kier alpha value is -2.98. The highest BCUT2D eigenvalue weighted by atomic mass is 32.2. The third kappa shape index (κ3) is 4.90.